The first-order valence-electron chi connectivity index (χ1n) is 6.99. The molecule has 1 aliphatic rings. The van der Waals surface area contributed by atoms with Gasteiger partial charge in [-0.2, -0.15) is 4.31 Å². The zero-order valence-corrected chi connectivity index (χ0v) is 13.1. The van der Waals surface area contributed by atoms with Gasteiger partial charge in [0.1, 0.15) is 0 Å². The molecule has 1 saturated heterocycles. The number of sulfonamides is 1. The lowest BCUT2D eigenvalue weighted by Gasteiger charge is -2.32. The molecular formula is C14H18N4O3S. The monoisotopic (exact) mass is 322 g/mol. The van der Waals surface area contributed by atoms with E-state index >= 15 is 0 Å². The molecule has 0 bridgehead atoms. The Balaban J connectivity index is 1.87. The number of aromatic nitrogens is 1. The van der Waals surface area contributed by atoms with E-state index in [4.69, 9.17) is 5.73 Å². The Kier molecular flexibility index (Phi) is 3.57. The molecule has 3 rings (SSSR count). The maximum absolute atomic E-state index is 12.7. The highest BCUT2D eigenvalue weighted by Gasteiger charge is 2.29. The average Bonchev–Trinajstić information content (AvgIpc) is 2.88. The van der Waals surface area contributed by atoms with Crippen molar-refractivity contribution in [1.82, 2.24) is 13.8 Å². The molecule has 22 heavy (non-hydrogen) atoms. The quantitative estimate of drug-likeness (QED) is 0.876. The fourth-order valence-electron chi connectivity index (χ4n) is 2.72. The highest BCUT2D eigenvalue weighted by Crippen LogP contribution is 2.23. The highest BCUT2D eigenvalue weighted by atomic mass is 32.2. The van der Waals surface area contributed by atoms with Crippen molar-refractivity contribution < 1.29 is 13.2 Å². The van der Waals surface area contributed by atoms with E-state index in [2.05, 4.69) is 0 Å². The molecular weight excluding hydrogens is 304 g/mol. The van der Waals surface area contributed by atoms with Gasteiger partial charge in [-0.05, 0) is 24.3 Å². The third-order valence-corrected chi connectivity index (χ3v) is 5.94. The molecule has 8 heteroatoms. The lowest BCUT2D eigenvalue weighted by molar-refractivity contribution is 0.181. The number of urea groups is 1. The molecule has 118 valence electrons. The molecule has 1 aromatic carbocycles. The van der Waals surface area contributed by atoms with E-state index in [0.717, 1.165) is 10.9 Å². The summed E-state index contributed by atoms with van der Waals surface area (Å²) in [7, 11) is -1.63. The van der Waals surface area contributed by atoms with Crippen molar-refractivity contribution >= 4 is 27.0 Å². The SMILES string of the molecule is Cn1ccc2cc(S(=O)(=O)N3CCN(C(N)=O)CC3)ccc21. The summed E-state index contributed by atoms with van der Waals surface area (Å²) in [6.45, 7) is 1.17. The van der Waals surface area contributed by atoms with Crippen molar-refractivity contribution in [3.05, 3.63) is 30.5 Å². The molecule has 0 radical (unpaired) electrons. The summed E-state index contributed by atoms with van der Waals surface area (Å²) in [6.07, 6.45) is 1.90. The van der Waals surface area contributed by atoms with Gasteiger partial charge in [-0.15, -0.1) is 0 Å². The van der Waals surface area contributed by atoms with Crippen LogP contribution in [0.2, 0.25) is 0 Å². The minimum absolute atomic E-state index is 0.262. The van der Waals surface area contributed by atoms with Gasteiger partial charge in [0.2, 0.25) is 10.0 Å². The Morgan fingerprint density at radius 3 is 2.45 bits per heavy atom. The summed E-state index contributed by atoms with van der Waals surface area (Å²) in [5.74, 6) is 0. The number of aryl methyl sites for hydroxylation is 1. The Morgan fingerprint density at radius 1 is 1.14 bits per heavy atom. The highest BCUT2D eigenvalue weighted by molar-refractivity contribution is 7.89. The Bertz CT molecular complexity index is 820. The number of benzene rings is 1. The predicted molar refractivity (Wildman–Crippen MR) is 82.8 cm³/mol. The number of nitrogens with two attached hydrogens (primary N) is 1. The number of amides is 2. The normalized spacial score (nSPS) is 17.0. The topological polar surface area (TPSA) is 88.6 Å². The Labute approximate surface area is 128 Å². The van der Waals surface area contributed by atoms with Crippen molar-refractivity contribution in [2.75, 3.05) is 26.2 Å². The van der Waals surface area contributed by atoms with Gasteiger partial charge in [0, 0.05) is 50.3 Å². The molecule has 0 spiro atoms. The first kappa shape index (κ1) is 14.9. The summed E-state index contributed by atoms with van der Waals surface area (Å²) >= 11 is 0. The smallest absolute Gasteiger partial charge is 0.314 e. The molecule has 0 saturated carbocycles. The van der Waals surface area contributed by atoms with Crippen LogP contribution in [-0.4, -0.2) is 54.4 Å². The number of nitrogens with zero attached hydrogens (tertiary/aromatic N) is 3. The van der Waals surface area contributed by atoms with Crippen molar-refractivity contribution in [1.29, 1.82) is 0 Å². The second-order valence-electron chi connectivity index (χ2n) is 5.38. The molecule has 0 aliphatic carbocycles. The van der Waals surface area contributed by atoms with Gasteiger partial charge in [-0.25, -0.2) is 13.2 Å². The lowest BCUT2D eigenvalue weighted by Crippen LogP contribution is -2.51. The zero-order chi connectivity index (χ0) is 15.9. The summed E-state index contributed by atoms with van der Waals surface area (Å²) in [4.78, 5) is 12.8. The van der Waals surface area contributed by atoms with Crippen molar-refractivity contribution in [3.8, 4) is 0 Å². The van der Waals surface area contributed by atoms with Crippen LogP contribution in [0.3, 0.4) is 0 Å². The predicted octanol–water partition coefficient (Wildman–Crippen LogP) is 0.563. The first-order chi connectivity index (χ1) is 10.4. The largest absolute Gasteiger partial charge is 0.351 e. The summed E-state index contributed by atoms with van der Waals surface area (Å²) < 4.78 is 28.7. The molecule has 2 aromatic rings. The van der Waals surface area contributed by atoms with Crippen LogP contribution in [0.4, 0.5) is 4.79 Å². The van der Waals surface area contributed by atoms with Crippen LogP contribution in [0.5, 0.6) is 0 Å². The molecule has 0 unspecified atom stereocenters. The van der Waals surface area contributed by atoms with Crippen LogP contribution in [0.25, 0.3) is 10.9 Å². The van der Waals surface area contributed by atoms with Crippen LogP contribution >= 0.6 is 0 Å². The van der Waals surface area contributed by atoms with E-state index in [0.29, 0.717) is 13.1 Å². The number of primary amides is 1. The van der Waals surface area contributed by atoms with E-state index in [1.54, 1.807) is 12.1 Å². The fraction of sp³-hybridized carbons (Fsp3) is 0.357. The zero-order valence-electron chi connectivity index (χ0n) is 12.3. The summed E-state index contributed by atoms with van der Waals surface area (Å²) in [5.41, 5.74) is 6.20. The molecule has 2 heterocycles. The van der Waals surface area contributed by atoms with Crippen LogP contribution in [-0.2, 0) is 17.1 Å². The van der Waals surface area contributed by atoms with Crippen LogP contribution < -0.4 is 5.73 Å². The minimum atomic E-state index is -3.55. The van der Waals surface area contributed by atoms with E-state index < -0.39 is 16.1 Å². The second kappa shape index (κ2) is 5.29. The van der Waals surface area contributed by atoms with E-state index in [-0.39, 0.29) is 18.0 Å². The van der Waals surface area contributed by atoms with E-state index in [1.165, 1.54) is 9.21 Å². The molecule has 1 aromatic heterocycles. The van der Waals surface area contributed by atoms with Gasteiger partial charge in [0.15, 0.2) is 0 Å². The summed E-state index contributed by atoms with van der Waals surface area (Å²) in [6, 6.07) is 6.49. The average molecular weight is 322 g/mol. The number of fused-ring (bicyclic) bond motifs is 1. The number of piperazine rings is 1. The molecule has 1 fully saturated rings. The van der Waals surface area contributed by atoms with Crippen molar-refractivity contribution in [2.24, 2.45) is 12.8 Å². The van der Waals surface area contributed by atoms with Gasteiger partial charge in [-0.3, -0.25) is 0 Å². The van der Waals surface area contributed by atoms with Gasteiger partial charge >= 0.3 is 6.03 Å². The maximum Gasteiger partial charge on any atom is 0.314 e. The standard InChI is InChI=1S/C14H18N4O3S/c1-16-5-4-11-10-12(2-3-13(11)16)22(20,21)18-8-6-17(7-9-18)14(15)19/h2-5,10H,6-9H2,1H3,(H2,15,19). The Morgan fingerprint density at radius 2 is 1.82 bits per heavy atom. The number of hydrogen-bond donors (Lipinski definition) is 1. The summed E-state index contributed by atoms with van der Waals surface area (Å²) in [5, 5.41) is 0.888. The lowest BCUT2D eigenvalue weighted by atomic mass is 10.2. The van der Waals surface area contributed by atoms with Gasteiger partial charge in [0.25, 0.3) is 0 Å². The number of carbonyl (C=O) groups excluding carboxylic acids is 1. The molecule has 2 amide bonds. The Hall–Kier alpha value is -2.06. The van der Waals surface area contributed by atoms with E-state index in [1.807, 2.05) is 29.9 Å². The van der Waals surface area contributed by atoms with Crippen LogP contribution in [0.1, 0.15) is 0 Å². The molecule has 2 N–H and O–H groups in total. The van der Waals surface area contributed by atoms with Gasteiger partial charge in [0.05, 0.1) is 4.90 Å². The fourth-order valence-corrected chi connectivity index (χ4v) is 4.18. The number of hydrogen-bond acceptors (Lipinski definition) is 3. The van der Waals surface area contributed by atoms with Gasteiger partial charge in [-0.1, -0.05) is 0 Å². The maximum atomic E-state index is 12.7. The number of carbonyl (C=O) groups is 1. The third kappa shape index (κ3) is 2.44. The number of rotatable bonds is 2. The van der Waals surface area contributed by atoms with Gasteiger partial charge < -0.3 is 15.2 Å². The minimum Gasteiger partial charge on any atom is -0.351 e. The molecule has 1 aliphatic heterocycles. The van der Waals surface area contributed by atoms with Crippen molar-refractivity contribution in [2.45, 2.75) is 4.90 Å². The van der Waals surface area contributed by atoms with Crippen LogP contribution in [0.15, 0.2) is 35.4 Å². The molecule has 7 nitrogen and oxygen atoms in total. The second-order valence-corrected chi connectivity index (χ2v) is 7.31. The first-order valence-corrected chi connectivity index (χ1v) is 8.43. The van der Waals surface area contributed by atoms with E-state index in [9.17, 15) is 13.2 Å². The van der Waals surface area contributed by atoms with Crippen LogP contribution in [0, 0.1) is 0 Å². The molecule has 0 atom stereocenters. The van der Waals surface area contributed by atoms with Crippen molar-refractivity contribution in [3.63, 3.8) is 0 Å². The third-order valence-electron chi connectivity index (χ3n) is 4.04.